The highest BCUT2D eigenvalue weighted by Gasteiger charge is 2.47. The molecule has 2 heterocycles. The number of nitriles is 1. The van der Waals surface area contributed by atoms with Crippen molar-refractivity contribution in [1.29, 1.82) is 5.26 Å². The summed E-state index contributed by atoms with van der Waals surface area (Å²) in [5.74, 6) is -0.927. The molecule has 0 N–H and O–H groups in total. The van der Waals surface area contributed by atoms with Gasteiger partial charge in [0.25, 0.3) is 0 Å². The Morgan fingerprint density at radius 3 is 3.04 bits per heavy atom. The van der Waals surface area contributed by atoms with Crippen LogP contribution in [0.15, 0.2) is 24.4 Å². The molecule has 1 saturated heterocycles. The number of ether oxygens (including phenoxy) is 2. The Morgan fingerprint density at radius 1 is 1.48 bits per heavy atom. The van der Waals surface area contributed by atoms with E-state index in [9.17, 15) is 10.1 Å². The fourth-order valence-electron chi connectivity index (χ4n) is 4.02. The van der Waals surface area contributed by atoms with Gasteiger partial charge in [-0.1, -0.05) is 6.07 Å². The number of hydrogen-bond donors (Lipinski definition) is 0. The predicted molar refractivity (Wildman–Crippen MR) is 83.4 cm³/mol. The fraction of sp³-hybridized carbons (Fsp3) is 0.611. The molecule has 3 rings (SSSR count). The highest BCUT2D eigenvalue weighted by atomic mass is 16.5. The maximum absolute atomic E-state index is 11.8. The summed E-state index contributed by atoms with van der Waals surface area (Å²) >= 11 is 0. The Kier molecular flexibility index (Phi) is 4.63. The molecule has 23 heavy (non-hydrogen) atoms. The van der Waals surface area contributed by atoms with Gasteiger partial charge in [-0.05, 0) is 50.7 Å². The van der Waals surface area contributed by atoms with Crippen LogP contribution in [0, 0.1) is 17.2 Å². The minimum absolute atomic E-state index is 0.214. The summed E-state index contributed by atoms with van der Waals surface area (Å²) in [6.07, 6.45) is 7.23. The smallest absolute Gasteiger partial charge is 0.325 e. The van der Waals surface area contributed by atoms with Crippen molar-refractivity contribution in [1.82, 2.24) is 4.98 Å². The average Bonchev–Trinajstić information content (AvgIpc) is 2.99. The van der Waals surface area contributed by atoms with Gasteiger partial charge in [-0.3, -0.25) is 9.78 Å². The Morgan fingerprint density at radius 2 is 2.35 bits per heavy atom. The molecule has 4 atom stereocenters. The van der Waals surface area contributed by atoms with E-state index in [1.807, 2.05) is 24.4 Å². The molecule has 5 nitrogen and oxygen atoms in total. The van der Waals surface area contributed by atoms with Crippen molar-refractivity contribution in [3.05, 3.63) is 30.1 Å². The number of esters is 1. The van der Waals surface area contributed by atoms with Crippen molar-refractivity contribution in [3.8, 4) is 6.07 Å². The molecule has 0 radical (unpaired) electrons. The van der Waals surface area contributed by atoms with Crippen molar-refractivity contribution in [2.45, 2.75) is 56.1 Å². The van der Waals surface area contributed by atoms with Crippen molar-refractivity contribution >= 4 is 5.97 Å². The van der Waals surface area contributed by atoms with Crippen LogP contribution in [0.3, 0.4) is 0 Å². The quantitative estimate of drug-likeness (QED) is 0.802. The van der Waals surface area contributed by atoms with Gasteiger partial charge >= 0.3 is 5.97 Å². The molecule has 0 bridgehead atoms. The predicted octanol–water partition coefficient (Wildman–Crippen LogP) is 2.97. The van der Waals surface area contributed by atoms with E-state index in [0.717, 1.165) is 44.2 Å². The molecule has 122 valence electrons. The van der Waals surface area contributed by atoms with Crippen molar-refractivity contribution in [2.24, 2.45) is 5.92 Å². The molecule has 1 aliphatic carbocycles. The van der Waals surface area contributed by atoms with Crippen LogP contribution in [0.2, 0.25) is 0 Å². The Labute approximate surface area is 136 Å². The van der Waals surface area contributed by atoms with Gasteiger partial charge in [-0.15, -0.1) is 0 Å². The van der Waals surface area contributed by atoms with Gasteiger partial charge in [0, 0.05) is 17.8 Å². The maximum Gasteiger partial charge on any atom is 0.325 e. The van der Waals surface area contributed by atoms with Crippen LogP contribution in [0.1, 0.15) is 50.1 Å². The molecular weight excluding hydrogens is 292 g/mol. The summed E-state index contributed by atoms with van der Waals surface area (Å²) in [6, 6.07) is 8.07. The largest absolute Gasteiger partial charge is 0.468 e. The van der Waals surface area contributed by atoms with E-state index in [2.05, 4.69) is 11.1 Å². The van der Waals surface area contributed by atoms with Gasteiger partial charge in [0.15, 0.2) is 5.92 Å². The van der Waals surface area contributed by atoms with E-state index in [1.54, 1.807) is 0 Å². The number of pyridine rings is 1. The first-order valence-corrected chi connectivity index (χ1v) is 8.24. The first-order chi connectivity index (χ1) is 11.2. The number of methoxy groups -OCH3 is 1. The number of carbonyl (C=O) groups is 1. The van der Waals surface area contributed by atoms with Gasteiger partial charge in [0.05, 0.1) is 24.9 Å². The minimum Gasteiger partial charge on any atom is -0.468 e. The van der Waals surface area contributed by atoms with Gasteiger partial charge < -0.3 is 9.47 Å². The lowest BCUT2D eigenvalue weighted by Crippen LogP contribution is -2.37. The first kappa shape index (κ1) is 15.9. The molecule has 2 fully saturated rings. The van der Waals surface area contributed by atoms with Crippen LogP contribution in [0.4, 0.5) is 0 Å². The number of aromatic nitrogens is 1. The molecule has 2 aliphatic rings. The lowest BCUT2D eigenvalue weighted by molar-refractivity contribution is -0.151. The molecule has 0 amide bonds. The first-order valence-electron chi connectivity index (χ1n) is 8.24. The van der Waals surface area contributed by atoms with Crippen LogP contribution in [0.5, 0.6) is 0 Å². The van der Waals surface area contributed by atoms with E-state index < -0.39 is 11.9 Å². The van der Waals surface area contributed by atoms with Gasteiger partial charge in [-0.25, -0.2) is 0 Å². The van der Waals surface area contributed by atoms with Gasteiger partial charge in [0.1, 0.15) is 0 Å². The Bertz CT molecular complexity index is 598. The topological polar surface area (TPSA) is 72.2 Å². The maximum atomic E-state index is 11.8. The molecule has 0 aromatic carbocycles. The number of hydrogen-bond acceptors (Lipinski definition) is 5. The lowest BCUT2D eigenvalue weighted by Gasteiger charge is -2.38. The third kappa shape index (κ3) is 3.23. The van der Waals surface area contributed by atoms with Crippen LogP contribution < -0.4 is 0 Å². The van der Waals surface area contributed by atoms with E-state index in [0.29, 0.717) is 5.92 Å². The number of rotatable bonds is 3. The second-order valence-corrected chi connectivity index (χ2v) is 6.56. The highest BCUT2D eigenvalue weighted by Crippen LogP contribution is 2.48. The lowest BCUT2D eigenvalue weighted by atomic mass is 9.75. The summed E-state index contributed by atoms with van der Waals surface area (Å²) in [5.41, 5.74) is 0.900. The third-order valence-electron chi connectivity index (χ3n) is 5.16. The summed E-state index contributed by atoms with van der Waals surface area (Å²) in [7, 11) is 1.31. The van der Waals surface area contributed by atoms with Crippen molar-refractivity contribution in [2.75, 3.05) is 7.11 Å². The molecule has 1 aromatic heterocycles. The monoisotopic (exact) mass is 314 g/mol. The summed E-state index contributed by atoms with van der Waals surface area (Å²) in [4.78, 5) is 16.2. The fourth-order valence-corrected chi connectivity index (χ4v) is 4.02. The van der Waals surface area contributed by atoms with E-state index in [4.69, 9.17) is 9.47 Å². The zero-order valence-electron chi connectivity index (χ0n) is 13.4. The number of carbonyl (C=O) groups excluding carboxylic acids is 1. The van der Waals surface area contributed by atoms with E-state index in [1.165, 1.54) is 7.11 Å². The molecule has 5 heteroatoms. The molecule has 1 aliphatic heterocycles. The average molecular weight is 314 g/mol. The van der Waals surface area contributed by atoms with Crippen LogP contribution in [0.25, 0.3) is 0 Å². The van der Waals surface area contributed by atoms with Crippen molar-refractivity contribution in [3.63, 3.8) is 0 Å². The molecule has 1 spiro atoms. The van der Waals surface area contributed by atoms with Crippen molar-refractivity contribution < 1.29 is 14.3 Å². The standard InChI is InChI=1S/C18H22N2O3/c1-22-17(21)14(12-19)16-7-9-18(23-16)8-4-5-13(11-18)15-6-2-3-10-20-15/h2-3,6,10,13-14,16H,4-5,7-9,11H2,1H3. The highest BCUT2D eigenvalue weighted by molar-refractivity contribution is 5.75. The Balaban J connectivity index is 1.71. The molecular formula is C18H22N2O3. The van der Waals surface area contributed by atoms with E-state index in [-0.39, 0.29) is 11.7 Å². The second-order valence-electron chi connectivity index (χ2n) is 6.56. The number of nitrogens with zero attached hydrogens (tertiary/aromatic N) is 2. The zero-order valence-corrected chi connectivity index (χ0v) is 13.4. The summed E-state index contributed by atoms with van der Waals surface area (Å²) in [6.45, 7) is 0. The zero-order chi connectivity index (χ0) is 16.3. The summed E-state index contributed by atoms with van der Waals surface area (Å²) in [5, 5.41) is 9.26. The molecule has 1 aromatic rings. The minimum atomic E-state index is -0.824. The van der Waals surface area contributed by atoms with Crippen LogP contribution in [-0.4, -0.2) is 29.8 Å². The summed E-state index contributed by atoms with van der Waals surface area (Å²) < 4.78 is 11.0. The van der Waals surface area contributed by atoms with Gasteiger partial charge in [0.2, 0.25) is 0 Å². The molecule has 1 saturated carbocycles. The Hall–Kier alpha value is -1.93. The van der Waals surface area contributed by atoms with Crippen LogP contribution >= 0.6 is 0 Å². The molecule has 4 unspecified atom stereocenters. The third-order valence-corrected chi connectivity index (χ3v) is 5.16. The van der Waals surface area contributed by atoms with Gasteiger partial charge in [-0.2, -0.15) is 5.26 Å². The van der Waals surface area contributed by atoms with Crippen LogP contribution in [-0.2, 0) is 14.3 Å². The SMILES string of the molecule is COC(=O)C(C#N)C1CCC2(CCCC(c3ccccn3)C2)O1. The van der Waals surface area contributed by atoms with E-state index >= 15 is 0 Å². The second kappa shape index (κ2) is 6.67. The normalized spacial score (nSPS) is 31.5.